The zero-order valence-corrected chi connectivity index (χ0v) is 14.5. The first-order valence-electron chi connectivity index (χ1n) is 7.47. The van der Waals surface area contributed by atoms with Crippen LogP contribution in [-0.2, 0) is 22.4 Å². The van der Waals surface area contributed by atoms with Crippen LogP contribution in [0.2, 0.25) is 5.02 Å². The number of nitrogens with zero attached hydrogens (tertiary/aromatic N) is 1. The number of carbonyl (C=O) groups excluding carboxylic acids is 2. The molecule has 3 rings (SSSR count). The van der Waals surface area contributed by atoms with Crippen LogP contribution in [0.3, 0.4) is 0 Å². The molecule has 128 valence electrons. The molecular formula is C17H12ClFN2O3S. The molecule has 1 aromatic heterocycles. The Hall–Kier alpha value is -2.43. The lowest BCUT2D eigenvalue weighted by molar-refractivity contribution is -0.119. The molecule has 0 atom stereocenters. The predicted molar refractivity (Wildman–Crippen MR) is 91.4 cm³/mol. The third kappa shape index (κ3) is 3.50. The summed E-state index contributed by atoms with van der Waals surface area (Å²) < 4.78 is 18.5. The number of amides is 1. The minimum atomic E-state index is -1.02. The van der Waals surface area contributed by atoms with E-state index in [4.69, 9.17) is 16.3 Å². The molecule has 0 fully saturated rings. The molecule has 0 radical (unpaired) electrons. The third-order valence-electron chi connectivity index (χ3n) is 3.79. The Labute approximate surface area is 152 Å². The van der Waals surface area contributed by atoms with E-state index in [2.05, 4.69) is 11.4 Å². The average Bonchev–Trinajstić information content (AvgIpc) is 3.13. The zero-order valence-electron chi connectivity index (χ0n) is 12.9. The van der Waals surface area contributed by atoms with E-state index in [1.54, 1.807) is 0 Å². The number of aryl methyl sites for hydroxylation is 1. The van der Waals surface area contributed by atoms with Gasteiger partial charge in [-0.3, -0.25) is 4.79 Å². The van der Waals surface area contributed by atoms with Crippen molar-refractivity contribution in [3.8, 4) is 6.07 Å². The highest BCUT2D eigenvalue weighted by Crippen LogP contribution is 2.38. The van der Waals surface area contributed by atoms with Gasteiger partial charge in [0.1, 0.15) is 22.5 Å². The van der Waals surface area contributed by atoms with Crippen LogP contribution in [-0.4, -0.2) is 18.5 Å². The maximum atomic E-state index is 13.6. The number of nitriles is 1. The summed E-state index contributed by atoms with van der Waals surface area (Å²) >= 11 is 7.14. The largest absolute Gasteiger partial charge is 0.452 e. The molecule has 5 nitrogen and oxygen atoms in total. The van der Waals surface area contributed by atoms with Crippen molar-refractivity contribution in [1.82, 2.24) is 0 Å². The summed E-state index contributed by atoms with van der Waals surface area (Å²) in [5.74, 6) is -2.44. The van der Waals surface area contributed by atoms with Gasteiger partial charge in [-0.15, -0.1) is 11.3 Å². The van der Waals surface area contributed by atoms with Crippen molar-refractivity contribution < 1.29 is 18.7 Å². The van der Waals surface area contributed by atoms with Gasteiger partial charge in [0.2, 0.25) is 0 Å². The number of rotatable bonds is 4. The van der Waals surface area contributed by atoms with Crippen molar-refractivity contribution in [3.05, 3.63) is 50.6 Å². The van der Waals surface area contributed by atoms with Crippen molar-refractivity contribution in [1.29, 1.82) is 5.26 Å². The molecule has 1 heterocycles. The zero-order chi connectivity index (χ0) is 18.0. The lowest BCUT2D eigenvalue weighted by atomic mass is 10.1. The van der Waals surface area contributed by atoms with E-state index in [9.17, 15) is 19.2 Å². The lowest BCUT2D eigenvalue weighted by Gasteiger charge is -2.07. The lowest BCUT2D eigenvalue weighted by Crippen LogP contribution is -2.21. The number of carbonyl (C=O) groups is 2. The van der Waals surface area contributed by atoms with Gasteiger partial charge in [0, 0.05) is 4.88 Å². The minimum Gasteiger partial charge on any atom is -0.452 e. The first-order valence-corrected chi connectivity index (χ1v) is 8.66. The molecule has 0 saturated carbocycles. The van der Waals surface area contributed by atoms with Crippen molar-refractivity contribution >= 4 is 39.8 Å². The first kappa shape index (κ1) is 17.4. The maximum Gasteiger partial charge on any atom is 0.343 e. The van der Waals surface area contributed by atoms with E-state index in [1.807, 2.05) is 0 Å². The van der Waals surface area contributed by atoms with Crippen LogP contribution >= 0.6 is 22.9 Å². The SMILES string of the molecule is N#Cc1c(NC(=O)COC(=O)c2c(F)cccc2Cl)sc2c1CCC2. The fraction of sp³-hybridized carbons (Fsp3) is 0.235. The molecule has 0 saturated heterocycles. The molecule has 2 aromatic rings. The summed E-state index contributed by atoms with van der Waals surface area (Å²) in [5, 5.41) is 12.2. The van der Waals surface area contributed by atoms with Crippen LogP contribution in [0.25, 0.3) is 0 Å². The highest BCUT2D eigenvalue weighted by Gasteiger charge is 2.24. The number of esters is 1. The molecule has 0 unspecified atom stereocenters. The van der Waals surface area contributed by atoms with E-state index in [-0.39, 0.29) is 5.02 Å². The van der Waals surface area contributed by atoms with E-state index in [0.717, 1.165) is 35.8 Å². The fourth-order valence-corrected chi connectivity index (χ4v) is 4.17. The van der Waals surface area contributed by atoms with Crippen molar-refractivity contribution in [3.63, 3.8) is 0 Å². The van der Waals surface area contributed by atoms with Crippen LogP contribution in [0, 0.1) is 17.1 Å². The molecule has 1 N–H and O–H groups in total. The molecule has 1 amide bonds. The van der Waals surface area contributed by atoms with Gasteiger partial charge in [-0.05, 0) is 37.0 Å². The van der Waals surface area contributed by atoms with Gasteiger partial charge >= 0.3 is 5.97 Å². The highest BCUT2D eigenvalue weighted by atomic mass is 35.5. The van der Waals surface area contributed by atoms with Gasteiger partial charge in [-0.25, -0.2) is 9.18 Å². The molecule has 1 aliphatic carbocycles. The first-order chi connectivity index (χ1) is 12.0. The number of ether oxygens (including phenoxy) is 1. The highest BCUT2D eigenvalue weighted by molar-refractivity contribution is 7.16. The van der Waals surface area contributed by atoms with Crippen LogP contribution in [0.5, 0.6) is 0 Å². The molecule has 25 heavy (non-hydrogen) atoms. The summed E-state index contributed by atoms with van der Waals surface area (Å²) in [6.45, 7) is -0.600. The monoisotopic (exact) mass is 378 g/mol. The quantitative estimate of drug-likeness (QED) is 0.823. The molecular weight excluding hydrogens is 367 g/mol. The van der Waals surface area contributed by atoms with Gasteiger partial charge < -0.3 is 10.1 Å². The number of hydrogen-bond acceptors (Lipinski definition) is 5. The Morgan fingerprint density at radius 1 is 1.40 bits per heavy atom. The Morgan fingerprint density at radius 2 is 2.20 bits per heavy atom. The average molecular weight is 379 g/mol. The van der Waals surface area contributed by atoms with E-state index >= 15 is 0 Å². The van der Waals surface area contributed by atoms with Crippen molar-refractivity contribution in [2.75, 3.05) is 11.9 Å². The Morgan fingerprint density at radius 3 is 2.92 bits per heavy atom. The molecule has 8 heteroatoms. The van der Waals surface area contributed by atoms with Gasteiger partial charge in [-0.1, -0.05) is 17.7 Å². The molecule has 0 bridgehead atoms. The van der Waals surface area contributed by atoms with Gasteiger partial charge in [0.25, 0.3) is 5.91 Å². The number of thiophene rings is 1. The number of fused-ring (bicyclic) bond motifs is 1. The molecule has 0 spiro atoms. The van der Waals surface area contributed by atoms with Crippen LogP contribution in [0.1, 0.15) is 32.8 Å². The number of halogens is 2. The van der Waals surface area contributed by atoms with Gasteiger partial charge in [0.15, 0.2) is 6.61 Å². The minimum absolute atomic E-state index is 0.0909. The van der Waals surface area contributed by atoms with E-state index < -0.39 is 29.9 Å². The predicted octanol–water partition coefficient (Wildman–Crippen LogP) is 3.70. The normalized spacial score (nSPS) is 12.4. The van der Waals surface area contributed by atoms with E-state index in [1.165, 1.54) is 23.5 Å². The molecule has 1 aromatic carbocycles. The standard InChI is InChI=1S/C17H12ClFN2O3S/c18-11-4-2-5-12(19)15(11)17(23)24-8-14(22)21-16-10(7-20)9-3-1-6-13(9)25-16/h2,4-5H,1,3,6,8H2,(H,21,22). The smallest absolute Gasteiger partial charge is 0.343 e. The fourth-order valence-electron chi connectivity index (χ4n) is 2.67. The summed E-state index contributed by atoms with van der Waals surface area (Å²) in [7, 11) is 0. The van der Waals surface area contributed by atoms with Gasteiger partial charge in [-0.2, -0.15) is 5.26 Å². The topological polar surface area (TPSA) is 79.2 Å². The summed E-state index contributed by atoms with van der Waals surface area (Å²) in [6, 6.07) is 5.90. The maximum absolute atomic E-state index is 13.6. The van der Waals surface area contributed by atoms with Crippen LogP contribution in [0.15, 0.2) is 18.2 Å². The van der Waals surface area contributed by atoms with Crippen LogP contribution in [0.4, 0.5) is 9.39 Å². The Balaban J connectivity index is 1.64. The van der Waals surface area contributed by atoms with Gasteiger partial charge in [0.05, 0.1) is 10.6 Å². The second-order valence-electron chi connectivity index (χ2n) is 5.39. The second-order valence-corrected chi connectivity index (χ2v) is 6.91. The van der Waals surface area contributed by atoms with Crippen molar-refractivity contribution in [2.24, 2.45) is 0 Å². The number of benzene rings is 1. The van der Waals surface area contributed by atoms with E-state index in [0.29, 0.717) is 10.6 Å². The third-order valence-corrected chi connectivity index (χ3v) is 5.31. The van der Waals surface area contributed by atoms with Crippen molar-refractivity contribution in [2.45, 2.75) is 19.3 Å². The molecule has 1 aliphatic rings. The number of anilines is 1. The Kier molecular flexibility index (Phi) is 5.02. The number of hydrogen-bond donors (Lipinski definition) is 1. The number of nitrogens with one attached hydrogen (secondary N) is 1. The summed E-state index contributed by atoms with van der Waals surface area (Å²) in [4.78, 5) is 25.0. The second kappa shape index (κ2) is 7.21. The van der Waals surface area contributed by atoms with Crippen LogP contribution < -0.4 is 5.32 Å². The molecule has 0 aliphatic heterocycles. The summed E-state index contributed by atoms with van der Waals surface area (Å²) in [6.07, 6.45) is 2.72. The summed E-state index contributed by atoms with van der Waals surface area (Å²) in [5.41, 5.74) is 1.04. The Bertz CT molecular complexity index is 884.